The van der Waals surface area contributed by atoms with E-state index in [1.807, 2.05) is 16.0 Å². The minimum atomic E-state index is -2.12. The molecule has 6 atom stereocenters. The maximum absolute atomic E-state index is 13.1. The SMILES string of the molecule is CC(C)C(N)C(=O)NC(CC(=O)O)C(=O)NC(CC(=O)O)C(=O)NC(CC(=O)O)C(=O)NC(CC(=O)O)C(=O)NC(CCCCN)C(=O)O. The minimum absolute atomic E-state index is 0.109. The molecule has 0 rings (SSSR count). The summed E-state index contributed by atoms with van der Waals surface area (Å²) < 4.78 is 0. The molecule has 0 spiro atoms. The quantitative estimate of drug-likeness (QED) is 0.0421. The smallest absolute Gasteiger partial charge is 0.326 e. The van der Waals surface area contributed by atoms with Crippen molar-refractivity contribution in [1.29, 1.82) is 0 Å². The zero-order valence-electron chi connectivity index (χ0n) is 26.7. The number of carbonyl (C=O) groups is 10. The van der Waals surface area contributed by atoms with Gasteiger partial charge in [0.15, 0.2) is 0 Å². The van der Waals surface area contributed by atoms with Crippen LogP contribution in [0.4, 0.5) is 0 Å². The molecular formula is C27H43N7O15. The molecule has 6 unspecified atom stereocenters. The van der Waals surface area contributed by atoms with E-state index in [0.717, 1.165) is 0 Å². The predicted octanol–water partition coefficient (Wildman–Crippen LogP) is -4.49. The normalized spacial score (nSPS) is 14.5. The van der Waals surface area contributed by atoms with Gasteiger partial charge in [-0.05, 0) is 31.7 Å². The summed E-state index contributed by atoms with van der Waals surface area (Å²) in [5, 5.41) is 56.4. The lowest BCUT2D eigenvalue weighted by atomic mass is 10.0. The van der Waals surface area contributed by atoms with E-state index in [0.29, 0.717) is 6.42 Å². The summed E-state index contributed by atoms with van der Waals surface area (Å²) in [6, 6.07) is -10.8. The molecule has 22 heteroatoms. The molecule has 0 aromatic rings. The Kier molecular flexibility index (Phi) is 19.1. The number of carboxylic acids is 5. The number of carboxylic acid groups (broad SMARTS) is 5. The number of nitrogens with one attached hydrogen (secondary N) is 5. The van der Waals surface area contributed by atoms with Gasteiger partial charge in [-0.15, -0.1) is 0 Å². The van der Waals surface area contributed by atoms with Crippen LogP contribution in [-0.4, -0.2) is 128 Å². The average Bonchev–Trinajstić information content (AvgIpc) is 2.97. The molecule has 0 bridgehead atoms. The van der Waals surface area contributed by atoms with Crippen LogP contribution in [-0.2, 0) is 47.9 Å². The van der Waals surface area contributed by atoms with Crippen molar-refractivity contribution in [3.05, 3.63) is 0 Å². The van der Waals surface area contributed by atoms with Crippen molar-refractivity contribution in [1.82, 2.24) is 26.6 Å². The molecule has 22 nitrogen and oxygen atoms in total. The number of amides is 5. The van der Waals surface area contributed by atoms with Gasteiger partial charge >= 0.3 is 29.8 Å². The van der Waals surface area contributed by atoms with E-state index < -0.39 is 127 Å². The van der Waals surface area contributed by atoms with Gasteiger partial charge in [0.25, 0.3) is 0 Å². The Bertz CT molecular complexity index is 1260. The lowest BCUT2D eigenvalue weighted by molar-refractivity contribution is -0.145. The molecule has 0 saturated carbocycles. The van der Waals surface area contributed by atoms with E-state index in [-0.39, 0.29) is 19.4 Å². The molecule has 0 aliphatic carbocycles. The van der Waals surface area contributed by atoms with Crippen LogP contribution in [0.2, 0.25) is 0 Å². The molecule has 0 saturated heterocycles. The topological polar surface area (TPSA) is 384 Å². The van der Waals surface area contributed by atoms with Crippen LogP contribution in [0.15, 0.2) is 0 Å². The van der Waals surface area contributed by atoms with Crippen molar-refractivity contribution < 1.29 is 73.5 Å². The highest BCUT2D eigenvalue weighted by Gasteiger charge is 2.35. The van der Waals surface area contributed by atoms with Crippen molar-refractivity contribution in [3.8, 4) is 0 Å². The lowest BCUT2D eigenvalue weighted by Crippen LogP contribution is -2.60. The summed E-state index contributed by atoms with van der Waals surface area (Å²) in [4.78, 5) is 122. The third-order valence-corrected chi connectivity index (χ3v) is 6.63. The average molecular weight is 706 g/mol. The van der Waals surface area contributed by atoms with Crippen molar-refractivity contribution in [3.63, 3.8) is 0 Å². The fourth-order valence-corrected chi connectivity index (χ4v) is 3.95. The Morgan fingerprint density at radius 2 is 0.776 bits per heavy atom. The summed E-state index contributed by atoms with van der Waals surface area (Å²) in [7, 11) is 0. The minimum Gasteiger partial charge on any atom is -0.481 e. The number of aliphatic carboxylic acids is 5. The van der Waals surface area contributed by atoms with E-state index in [9.17, 15) is 73.5 Å². The standard InChI is InChI=1S/C27H43N7O15/c1-11(2)21(29)26(47)34-16(10-20(41)42)25(46)33-15(9-19(39)40)24(45)32-14(8-18(37)38)23(44)31-13(7-17(35)36)22(43)30-12(27(48)49)5-3-4-6-28/h11-16,21H,3-10,28-29H2,1-2H3,(H,30,43)(H,31,44)(H,32,45)(H,33,46)(H,34,47)(H,35,36)(H,37,38)(H,39,40)(H,41,42)(H,48,49). The molecule has 0 aromatic carbocycles. The number of carbonyl (C=O) groups excluding carboxylic acids is 5. The fraction of sp³-hybridized carbons (Fsp3) is 0.630. The highest BCUT2D eigenvalue weighted by molar-refractivity contribution is 5.99. The van der Waals surface area contributed by atoms with Crippen LogP contribution < -0.4 is 38.1 Å². The Balaban J connectivity index is 6.16. The van der Waals surface area contributed by atoms with Gasteiger partial charge in [-0.3, -0.25) is 43.2 Å². The Labute approximate surface area is 278 Å². The van der Waals surface area contributed by atoms with Gasteiger partial charge in [-0.25, -0.2) is 4.79 Å². The first kappa shape index (κ1) is 43.6. The van der Waals surface area contributed by atoms with Crippen LogP contribution in [0, 0.1) is 5.92 Å². The van der Waals surface area contributed by atoms with Gasteiger partial charge in [0.1, 0.15) is 30.2 Å². The van der Waals surface area contributed by atoms with Gasteiger partial charge in [0.05, 0.1) is 31.7 Å². The number of rotatable bonds is 24. The third kappa shape index (κ3) is 17.4. The van der Waals surface area contributed by atoms with Gasteiger partial charge in [0.2, 0.25) is 29.5 Å². The van der Waals surface area contributed by atoms with Crippen molar-refractivity contribution in [2.45, 2.75) is 95.0 Å². The zero-order valence-corrected chi connectivity index (χ0v) is 26.7. The first-order valence-corrected chi connectivity index (χ1v) is 14.8. The van der Waals surface area contributed by atoms with Crippen molar-refractivity contribution in [2.24, 2.45) is 17.4 Å². The molecule has 0 aliphatic heterocycles. The molecule has 49 heavy (non-hydrogen) atoms. The van der Waals surface area contributed by atoms with Crippen LogP contribution in [0.3, 0.4) is 0 Å². The third-order valence-electron chi connectivity index (χ3n) is 6.63. The van der Waals surface area contributed by atoms with Crippen molar-refractivity contribution >= 4 is 59.4 Å². The maximum Gasteiger partial charge on any atom is 0.326 e. The Morgan fingerprint density at radius 1 is 0.490 bits per heavy atom. The summed E-state index contributed by atoms with van der Waals surface area (Å²) in [5.41, 5.74) is 11.1. The molecule has 14 N–H and O–H groups in total. The van der Waals surface area contributed by atoms with Crippen LogP contribution in [0.1, 0.15) is 58.8 Å². The molecule has 0 aromatic heterocycles. The van der Waals surface area contributed by atoms with E-state index in [1.54, 1.807) is 13.8 Å². The molecule has 0 fully saturated rings. The largest absolute Gasteiger partial charge is 0.481 e. The van der Waals surface area contributed by atoms with Crippen LogP contribution >= 0.6 is 0 Å². The summed E-state index contributed by atoms with van der Waals surface area (Å²) in [6.45, 7) is 3.33. The Hall–Kier alpha value is -5.38. The molecule has 276 valence electrons. The second kappa shape index (κ2) is 21.5. The number of nitrogens with two attached hydrogens (primary N) is 2. The number of hydrogen-bond acceptors (Lipinski definition) is 12. The van der Waals surface area contributed by atoms with Gasteiger partial charge < -0.3 is 63.6 Å². The number of hydrogen-bond donors (Lipinski definition) is 12. The fourth-order valence-electron chi connectivity index (χ4n) is 3.95. The molecule has 0 radical (unpaired) electrons. The summed E-state index contributed by atoms with van der Waals surface area (Å²) in [5.74, 6) is -15.1. The molecule has 5 amide bonds. The van der Waals surface area contributed by atoms with Gasteiger partial charge in [-0.2, -0.15) is 0 Å². The molecule has 0 aliphatic rings. The van der Waals surface area contributed by atoms with Gasteiger partial charge in [-0.1, -0.05) is 13.8 Å². The second-order valence-corrected chi connectivity index (χ2v) is 11.1. The maximum atomic E-state index is 13.1. The zero-order chi connectivity index (χ0) is 38.0. The van der Waals surface area contributed by atoms with E-state index >= 15 is 0 Å². The second-order valence-electron chi connectivity index (χ2n) is 11.1. The predicted molar refractivity (Wildman–Crippen MR) is 162 cm³/mol. The molecule has 0 heterocycles. The van der Waals surface area contributed by atoms with E-state index in [1.165, 1.54) is 0 Å². The van der Waals surface area contributed by atoms with E-state index in [2.05, 4.69) is 10.6 Å². The highest BCUT2D eigenvalue weighted by atomic mass is 16.4. The Morgan fingerprint density at radius 3 is 1.02 bits per heavy atom. The summed E-state index contributed by atoms with van der Waals surface area (Å²) in [6.07, 6.45) is -4.00. The van der Waals surface area contributed by atoms with Crippen LogP contribution in [0.5, 0.6) is 0 Å². The molecular weight excluding hydrogens is 662 g/mol. The first-order chi connectivity index (χ1) is 22.7. The van der Waals surface area contributed by atoms with Gasteiger partial charge in [0, 0.05) is 0 Å². The monoisotopic (exact) mass is 705 g/mol. The lowest BCUT2D eigenvalue weighted by Gasteiger charge is -2.26. The van der Waals surface area contributed by atoms with Crippen molar-refractivity contribution in [2.75, 3.05) is 6.54 Å². The highest BCUT2D eigenvalue weighted by Crippen LogP contribution is 2.06. The number of unbranched alkanes of at least 4 members (excludes halogenated alkanes) is 1. The summed E-state index contributed by atoms with van der Waals surface area (Å²) >= 11 is 0. The first-order valence-electron chi connectivity index (χ1n) is 14.8. The van der Waals surface area contributed by atoms with E-state index in [4.69, 9.17) is 11.5 Å². The van der Waals surface area contributed by atoms with Crippen LogP contribution in [0.25, 0.3) is 0 Å².